The number of nitrogens with zero attached hydrogens (tertiary/aromatic N) is 2. The molecule has 82 valence electrons. The number of ether oxygens (including phenoxy) is 1. The summed E-state index contributed by atoms with van der Waals surface area (Å²) in [5.41, 5.74) is 7.47. The van der Waals surface area contributed by atoms with Crippen LogP contribution in [0.25, 0.3) is 11.3 Å². The van der Waals surface area contributed by atoms with Gasteiger partial charge in [-0.3, -0.25) is 0 Å². The second-order valence-corrected chi connectivity index (χ2v) is 3.26. The molecule has 4 nitrogen and oxygen atoms in total. The fraction of sp³-hybridized carbons (Fsp3) is 0.167. The minimum Gasteiger partial charge on any atom is -0.464 e. The SMILES string of the molecule is CCOc1nc(N)cc(-c2ccccc2)n1. The molecule has 2 N–H and O–H groups in total. The Morgan fingerprint density at radius 2 is 1.94 bits per heavy atom. The van der Waals surface area contributed by atoms with Gasteiger partial charge in [-0.25, -0.2) is 0 Å². The standard InChI is InChI=1S/C12H13N3O/c1-2-16-12-14-10(8-11(13)15-12)9-6-4-3-5-7-9/h3-8H,2H2,1H3,(H2,13,14,15). The van der Waals surface area contributed by atoms with Gasteiger partial charge in [-0.05, 0) is 6.92 Å². The van der Waals surface area contributed by atoms with Crippen molar-refractivity contribution in [2.24, 2.45) is 0 Å². The van der Waals surface area contributed by atoms with E-state index in [1.165, 1.54) is 0 Å². The van der Waals surface area contributed by atoms with E-state index < -0.39 is 0 Å². The Balaban J connectivity index is 2.41. The lowest BCUT2D eigenvalue weighted by Gasteiger charge is -2.05. The molecule has 1 aromatic carbocycles. The molecule has 0 saturated heterocycles. The predicted molar refractivity (Wildman–Crippen MR) is 63.0 cm³/mol. The fourth-order valence-electron chi connectivity index (χ4n) is 1.39. The molecule has 0 unspecified atom stereocenters. The van der Waals surface area contributed by atoms with E-state index >= 15 is 0 Å². The molecular formula is C12H13N3O. The van der Waals surface area contributed by atoms with Crippen molar-refractivity contribution in [1.29, 1.82) is 0 Å². The van der Waals surface area contributed by atoms with E-state index in [1.54, 1.807) is 6.07 Å². The molecule has 2 aromatic rings. The first-order chi connectivity index (χ1) is 7.79. The van der Waals surface area contributed by atoms with Crippen LogP contribution in [0.1, 0.15) is 6.92 Å². The van der Waals surface area contributed by atoms with E-state index in [0.717, 1.165) is 11.3 Å². The summed E-state index contributed by atoms with van der Waals surface area (Å²) >= 11 is 0. The monoisotopic (exact) mass is 215 g/mol. The zero-order valence-corrected chi connectivity index (χ0v) is 9.05. The summed E-state index contributed by atoms with van der Waals surface area (Å²) in [6, 6.07) is 11.9. The Labute approximate surface area is 94.1 Å². The third-order valence-electron chi connectivity index (χ3n) is 2.07. The minimum absolute atomic E-state index is 0.321. The number of anilines is 1. The summed E-state index contributed by atoms with van der Waals surface area (Å²) in [6.45, 7) is 2.41. The first kappa shape index (κ1) is 10.4. The Morgan fingerprint density at radius 1 is 1.19 bits per heavy atom. The fourth-order valence-corrected chi connectivity index (χ4v) is 1.39. The predicted octanol–water partition coefficient (Wildman–Crippen LogP) is 2.12. The molecule has 4 heteroatoms. The molecule has 0 saturated carbocycles. The van der Waals surface area contributed by atoms with Gasteiger partial charge in [0.15, 0.2) is 0 Å². The van der Waals surface area contributed by atoms with Crippen LogP contribution in [-0.2, 0) is 0 Å². The highest BCUT2D eigenvalue weighted by atomic mass is 16.5. The number of benzene rings is 1. The molecule has 0 aliphatic carbocycles. The second-order valence-electron chi connectivity index (χ2n) is 3.26. The first-order valence-electron chi connectivity index (χ1n) is 5.12. The van der Waals surface area contributed by atoms with Crippen LogP contribution < -0.4 is 10.5 Å². The number of hydrogen-bond acceptors (Lipinski definition) is 4. The summed E-state index contributed by atoms with van der Waals surface area (Å²) < 4.78 is 5.25. The Bertz CT molecular complexity index is 471. The van der Waals surface area contributed by atoms with Crippen LogP contribution in [0.2, 0.25) is 0 Å². The third-order valence-corrected chi connectivity index (χ3v) is 2.07. The number of rotatable bonds is 3. The topological polar surface area (TPSA) is 61.0 Å². The van der Waals surface area contributed by atoms with Crippen molar-refractivity contribution >= 4 is 5.82 Å². The second kappa shape index (κ2) is 4.61. The van der Waals surface area contributed by atoms with Crippen LogP contribution in [0.15, 0.2) is 36.4 Å². The van der Waals surface area contributed by atoms with E-state index in [0.29, 0.717) is 18.4 Å². The Morgan fingerprint density at radius 3 is 2.62 bits per heavy atom. The van der Waals surface area contributed by atoms with Gasteiger partial charge < -0.3 is 10.5 Å². The molecule has 0 aliphatic heterocycles. The molecule has 1 aromatic heterocycles. The summed E-state index contributed by atoms with van der Waals surface area (Å²) in [5.74, 6) is 0.414. The lowest BCUT2D eigenvalue weighted by atomic mass is 10.1. The van der Waals surface area contributed by atoms with Gasteiger partial charge in [0.1, 0.15) is 5.82 Å². The summed E-state index contributed by atoms with van der Waals surface area (Å²) in [5, 5.41) is 0. The third kappa shape index (κ3) is 2.28. The Hall–Kier alpha value is -2.10. The molecule has 0 bridgehead atoms. The van der Waals surface area contributed by atoms with Gasteiger partial charge in [0, 0.05) is 11.6 Å². The molecule has 2 rings (SSSR count). The van der Waals surface area contributed by atoms with Crippen LogP contribution >= 0.6 is 0 Å². The summed E-state index contributed by atoms with van der Waals surface area (Å²) in [7, 11) is 0. The molecule has 0 atom stereocenters. The van der Waals surface area contributed by atoms with Crippen molar-refractivity contribution in [1.82, 2.24) is 9.97 Å². The van der Waals surface area contributed by atoms with Gasteiger partial charge in [0.05, 0.1) is 12.3 Å². The summed E-state index contributed by atoms with van der Waals surface area (Å²) in [6.07, 6.45) is 0. The van der Waals surface area contributed by atoms with E-state index in [1.807, 2.05) is 37.3 Å². The molecule has 16 heavy (non-hydrogen) atoms. The van der Waals surface area contributed by atoms with E-state index in [-0.39, 0.29) is 0 Å². The maximum atomic E-state index is 5.70. The van der Waals surface area contributed by atoms with Gasteiger partial charge in [-0.1, -0.05) is 30.3 Å². The van der Waals surface area contributed by atoms with E-state index in [4.69, 9.17) is 10.5 Å². The highest BCUT2D eigenvalue weighted by molar-refractivity contribution is 5.61. The molecule has 0 aliphatic rings. The molecule has 0 fully saturated rings. The summed E-state index contributed by atoms with van der Waals surface area (Å²) in [4.78, 5) is 8.27. The van der Waals surface area contributed by atoms with Crippen molar-refractivity contribution < 1.29 is 4.74 Å². The van der Waals surface area contributed by atoms with Crippen molar-refractivity contribution in [2.75, 3.05) is 12.3 Å². The van der Waals surface area contributed by atoms with Crippen molar-refractivity contribution in [2.45, 2.75) is 6.92 Å². The molecular weight excluding hydrogens is 202 g/mol. The number of nitrogen functional groups attached to an aromatic ring is 1. The van der Waals surface area contributed by atoms with Gasteiger partial charge in [0.25, 0.3) is 0 Å². The number of hydrogen-bond donors (Lipinski definition) is 1. The van der Waals surface area contributed by atoms with Gasteiger partial charge in [0.2, 0.25) is 0 Å². The molecule has 1 heterocycles. The highest BCUT2D eigenvalue weighted by Gasteiger charge is 2.04. The molecule has 0 spiro atoms. The average molecular weight is 215 g/mol. The van der Waals surface area contributed by atoms with Gasteiger partial charge in [-0.2, -0.15) is 9.97 Å². The first-order valence-corrected chi connectivity index (χ1v) is 5.12. The zero-order chi connectivity index (χ0) is 11.4. The van der Waals surface area contributed by atoms with Crippen molar-refractivity contribution in [3.8, 4) is 17.3 Å². The quantitative estimate of drug-likeness (QED) is 0.851. The number of nitrogens with two attached hydrogens (primary N) is 1. The maximum Gasteiger partial charge on any atom is 0.318 e. The zero-order valence-electron chi connectivity index (χ0n) is 9.05. The van der Waals surface area contributed by atoms with Gasteiger partial charge in [-0.15, -0.1) is 0 Å². The van der Waals surface area contributed by atoms with E-state index in [2.05, 4.69) is 9.97 Å². The lowest BCUT2D eigenvalue weighted by molar-refractivity contribution is 0.313. The normalized spacial score (nSPS) is 10.1. The highest BCUT2D eigenvalue weighted by Crippen LogP contribution is 2.20. The van der Waals surface area contributed by atoms with E-state index in [9.17, 15) is 0 Å². The maximum absolute atomic E-state index is 5.70. The minimum atomic E-state index is 0.321. The average Bonchev–Trinajstić information content (AvgIpc) is 2.30. The largest absolute Gasteiger partial charge is 0.464 e. The van der Waals surface area contributed by atoms with Crippen molar-refractivity contribution in [3.63, 3.8) is 0 Å². The van der Waals surface area contributed by atoms with Crippen LogP contribution in [0.4, 0.5) is 5.82 Å². The molecule has 0 radical (unpaired) electrons. The molecule has 0 amide bonds. The van der Waals surface area contributed by atoms with Crippen LogP contribution in [0, 0.1) is 0 Å². The smallest absolute Gasteiger partial charge is 0.318 e. The number of aromatic nitrogens is 2. The van der Waals surface area contributed by atoms with Crippen LogP contribution in [0.5, 0.6) is 6.01 Å². The van der Waals surface area contributed by atoms with Gasteiger partial charge >= 0.3 is 6.01 Å². The van der Waals surface area contributed by atoms with Crippen LogP contribution in [0.3, 0.4) is 0 Å². The van der Waals surface area contributed by atoms with Crippen LogP contribution in [-0.4, -0.2) is 16.6 Å². The van der Waals surface area contributed by atoms with Crippen molar-refractivity contribution in [3.05, 3.63) is 36.4 Å². The lowest BCUT2D eigenvalue weighted by Crippen LogP contribution is -2.01. The Kier molecular flexibility index (Phi) is 3.00.